The lowest BCUT2D eigenvalue weighted by atomic mass is 10.1. The van der Waals surface area contributed by atoms with E-state index in [2.05, 4.69) is 10.3 Å². The third-order valence-corrected chi connectivity index (χ3v) is 3.57. The normalized spacial score (nSPS) is 11.8. The van der Waals surface area contributed by atoms with E-state index in [4.69, 9.17) is 0 Å². The summed E-state index contributed by atoms with van der Waals surface area (Å²) >= 11 is 1.48. The molecule has 2 nitrogen and oxygen atoms in total. The van der Waals surface area contributed by atoms with Gasteiger partial charge in [-0.1, -0.05) is 6.07 Å². The SMILES string of the molecule is Cc1ncc(CNCc2ccc(F)cc2C(F)(F)F)s1. The fourth-order valence-corrected chi connectivity index (χ4v) is 2.54. The monoisotopic (exact) mass is 304 g/mol. The first kappa shape index (κ1) is 14.9. The lowest BCUT2D eigenvalue weighted by Gasteiger charge is -2.13. The minimum absolute atomic E-state index is 0.0199. The fourth-order valence-electron chi connectivity index (χ4n) is 1.77. The van der Waals surface area contributed by atoms with E-state index < -0.39 is 17.6 Å². The molecule has 0 atom stereocenters. The second kappa shape index (κ2) is 5.88. The second-order valence-corrected chi connectivity index (χ2v) is 5.57. The molecule has 0 saturated carbocycles. The first-order chi connectivity index (χ1) is 9.36. The highest BCUT2D eigenvalue weighted by Crippen LogP contribution is 2.32. The zero-order valence-electron chi connectivity index (χ0n) is 10.6. The summed E-state index contributed by atoms with van der Waals surface area (Å²) < 4.78 is 51.3. The van der Waals surface area contributed by atoms with Crippen molar-refractivity contribution in [3.8, 4) is 0 Å². The summed E-state index contributed by atoms with van der Waals surface area (Å²) in [5, 5.41) is 3.81. The molecule has 1 N–H and O–H groups in total. The molecule has 1 heterocycles. The molecule has 0 amide bonds. The van der Waals surface area contributed by atoms with Crippen molar-refractivity contribution in [1.82, 2.24) is 10.3 Å². The number of alkyl halides is 3. The number of thiazole rings is 1. The van der Waals surface area contributed by atoms with Crippen LogP contribution < -0.4 is 5.32 Å². The highest BCUT2D eigenvalue weighted by Gasteiger charge is 2.33. The van der Waals surface area contributed by atoms with Gasteiger partial charge >= 0.3 is 6.18 Å². The van der Waals surface area contributed by atoms with Crippen LogP contribution in [0.3, 0.4) is 0 Å². The van der Waals surface area contributed by atoms with E-state index in [-0.39, 0.29) is 12.1 Å². The first-order valence-corrected chi connectivity index (χ1v) is 6.65. The van der Waals surface area contributed by atoms with Crippen molar-refractivity contribution >= 4 is 11.3 Å². The van der Waals surface area contributed by atoms with Gasteiger partial charge in [0.1, 0.15) is 5.82 Å². The predicted molar refractivity (Wildman–Crippen MR) is 68.8 cm³/mol. The minimum atomic E-state index is -4.56. The Bertz CT molecular complexity index is 592. The standard InChI is InChI=1S/C13H12F4N2S/c1-8-19-7-11(20-8)6-18-5-9-2-3-10(14)4-12(9)13(15,16)17/h2-4,7,18H,5-6H2,1H3. The van der Waals surface area contributed by atoms with Crippen LogP contribution in [-0.4, -0.2) is 4.98 Å². The summed E-state index contributed by atoms with van der Waals surface area (Å²) in [6, 6.07) is 2.71. The van der Waals surface area contributed by atoms with Gasteiger partial charge in [-0.25, -0.2) is 9.37 Å². The maximum absolute atomic E-state index is 12.9. The van der Waals surface area contributed by atoms with Crippen LogP contribution >= 0.6 is 11.3 Å². The Morgan fingerprint density at radius 3 is 2.60 bits per heavy atom. The molecule has 7 heteroatoms. The number of rotatable bonds is 4. The number of nitrogens with one attached hydrogen (secondary N) is 1. The van der Waals surface area contributed by atoms with Gasteiger partial charge in [0.2, 0.25) is 0 Å². The lowest BCUT2D eigenvalue weighted by molar-refractivity contribution is -0.138. The van der Waals surface area contributed by atoms with Crippen molar-refractivity contribution in [3.05, 3.63) is 51.2 Å². The number of hydrogen-bond acceptors (Lipinski definition) is 3. The summed E-state index contributed by atoms with van der Waals surface area (Å²) in [5.41, 5.74) is -0.911. The van der Waals surface area contributed by atoms with Crippen molar-refractivity contribution in [2.75, 3.05) is 0 Å². The van der Waals surface area contributed by atoms with Crippen LogP contribution in [0.25, 0.3) is 0 Å². The zero-order valence-corrected chi connectivity index (χ0v) is 11.4. The zero-order chi connectivity index (χ0) is 14.8. The van der Waals surface area contributed by atoms with Crippen LogP contribution in [0.15, 0.2) is 24.4 Å². The quantitative estimate of drug-likeness (QED) is 0.867. The van der Waals surface area contributed by atoms with Gasteiger partial charge in [-0.3, -0.25) is 0 Å². The molecule has 0 aliphatic carbocycles. The summed E-state index contributed by atoms with van der Waals surface area (Å²) in [6.45, 7) is 2.31. The molecule has 1 aromatic carbocycles. The van der Waals surface area contributed by atoms with Crippen LogP contribution in [0.5, 0.6) is 0 Å². The van der Waals surface area contributed by atoms with Crippen LogP contribution in [0, 0.1) is 12.7 Å². The van der Waals surface area contributed by atoms with E-state index in [9.17, 15) is 17.6 Å². The molecule has 20 heavy (non-hydrogen) atoms. The second-order valence-electron chi connectivity index (χ2n) is 4.25. The van der Waals surface area contributed by atoms with E-state index in [0.29, 0.717) is 12.6 Å². The molecular formula is C13H12F4N2S. The molecule has 108 valence electrons. The van der Waals surface area contributed by atoms with Gasteiger partial charge < -0.3 is 5.32 Å². The van der Waals surface area contributed by atoms with Gasteiger partial charge in [-0.15, -0.1) is 11.3 Å². The topological polar surface area (TPSA) is 24.9 Å². The van der Waals surface area contributed by atoms with Crippen LogP contribution in [0.1, 0.15) is 21.0 Å². The largest absolute Gasteiger partial charge is 0.416 e. The Labute approximate surface area is 117 Å². The van der Waals surface area contributed by atoms with Gasteiger partial charge in [0.25, 0.3) is 0 Å². The molecule has 0 spiro atoms. The highest BCUT2D eigenvalue weighted by molar-refractivity contribution is 7.11. The van der Waals surface area contributed by atoms with Gasteiger partial charge in [0, 0.05) is 24.2 Å². The number of halogens is 4. The molecule has 0 fully saturated rings. The molecule has 0 aliphatic rings. The van der Waals surface area contributed by atoms with E-state index in [1.54, 1.807) is 6.20 Å². The molecule has 1 aromatic heterocycles. The van der Waals surface area contributed by atoms with Crippen molar-refractivity contribution in [2.24, 2.45) is 0 Å². The molecule has 2 rings (SSSR count). The molecule has 0 aliphatic heterocycles. The predicted octanol–water partition coefficient (Wildman–Crippen LogP) is 3.90. The van der Waals surface area contributed by atoms with Gasteiger partial charge in [-0.2, -0.15) is 13.2 Å². The Morgan fingerprint density at radius 2 is 2.00 bits per heavy atom. The third kappa shape index (κ3) is 3.77. The summed E-state index contributed by atoms with van der Waals surface area (Å²) in [7, 11) is 0. The van der Waals surface area contributed by atoms with E-state index in [0.717, 1.165) is 22.0 Å². The van der Waals surface area contributed by atoms with Crippen LogP contribution in [0.4, 0.5) is 17.6 Å². The summed E-state index contributed by atoms with van der Waals surface area (Å²) in [4.78, 5) is 5.00. The fraction of sp³-hybridized carbons (Fsp3) is 0.308. The van der Waals surface area contributed by atoms with E-state index in [1.165, 1.54) is 11.3 Å². The Hall–Kier alpha value is -1.47. The number of aryl methyl sites for hydroxylation is 1. The summed E-state index contributed by atoms with van der Waals surface area (Å²) in [6.07, 6.45) is -2.87. The number of aromatic nitrogens is 1. The third-order valence-electron chi connectivity index (χ3n) is 2.66. The summed E-state index contributed by atoms with van der Waals surface area (Å²) in [5.74, 6) is -0.890. The van der Waals surface area contributed by atoms with Crippen LogP contribution in [-0.2, 0) is 19.3 Å². The Morgan fingerprint density at radius 1 is 1.25 bits per heavy atom. The smallest absolute Gasteiger partial charge is 0.308 e. The average molecular weight is 304 g/mol. The first-order valence-electron chi connectivity index (χ1n) is 5.84. The average Bonchev–Trinajstić information content (AvgIpc) is 2.76. The maximum atomic E-state index is 12.9. The van der Waals surface area contributed by atoms with Gasteiger partial charge in [0.15, 0.2) is 0 Å². The van der Waals surface area contributed by atoms with E-state index in [1.807, 2.05) is 6.92 Å². The Balaban J connectivity index is 2.06. The lowest BCUT2D eigenvalue weighted by Crippen LogP contribution is -2.17. The number of hydrogen-bond donors (Lipinski definition) is 1. The minimum Gasteiger partial charge on any atom is -0.308 e. The molecular weight excluding hydrogens is 292 g/mol. The highest BCUT2D eigenvalue weighted by atomic mass is 32.1. The number of nitrogens with zero attached hydrogens (tertiary/aromatic N) is 1. The number of benzene rings is 1. The molecule has 0 radical (unpaired) electrons. The van der Waals surface area contributed by atoms with Gasteiger partial charge in [-0.05, 0) is 24.6 Å². The molecule has 0 bridgehead atoms. The Kier molecular flexibility index (Phi) is 4.39. The maximum Gasteiger partial charge on any atom is 0.416 e. The van der Waals surface area contributed by atoms with Crippen molar-refractivity contribution in [3.63, 3.8) is 0 Å². The van der Waals surface area contributed by atoms with E-state index >= 15 is 0 Å². The van der Waals surface area contributed by atoms with Crippen LogP contribution in [0.2, 0.25) is 0 Å². The molecule has 0 unspecified atom stereocenters. The molecule has 0 saturated heterocycles. The molecule has 2 aromatic rings. The van der Waals surface area contributed by atoms with Crippen molar-refractivity contribution in [2.45, 2.75) is 26.2 Å². The van der Waals surface area contributed by atoms with Crippen molar-refractivity contribution < 1.29 is 17.6 Å². The van der Waals surface area contributed by atoms with Gasteiger partial charge in [0.05, 0.1) is 10.6 Å². The van der Waals surface area contributed by atoms with Crippen molar-refractivity contribution in [1.29, 1.82) is 0 Å².